The monoisotopic (exact) mass is 293 g/mol. The quantitative estimate of drug-likeness (QED) is 0.605. The number of rotatable bonds is 6. The molecule has 0 aromatic carbocycles. The molecule has 0 atom stereocenters. The van der Waals surface area contributed by atoms with Gasteiger partial charge in [0.25, 0.3) is 0 Å². The summed E-state index contributed by atoms with van der Waals surface area (Å²) in [5.41, 5.74) is 0.644. The molecule has 0 saturated heterocycles. The molecule has 0 aliphatic heterocycles. The van der Waals surface area contributed by atoms with E-state index in [1.807, 2.05) is 10.8 Å². The largest absolute Gasteiger partial charge is 0.361 e. The molecule has 108 valence electrons. The molecule has 2 heterocycles. The highest BCUT2D eigenvalue weighted by molar-refractivity contribution is 6.76. The average Bonchev–Trinajstić information content (AvgIpc) is 2.83. The average molecular weight is 293 g/mol. The fourth-order valence-corrected chi connectivity index (χ4v) is 2.45. The SMILES string of the molecule is C[Si](C)(C)CCOCn1ccnc1-c1ccc(F)cn1. The lowest BCUT2D eigenvalue weighted by molar-refractivity contribution is 0.0882. The number of halogens is 1. The van der Waals surface area contributed by atoms with Crippen molar-refractivity contribution in [2.45, 2.75) is 32.4 Å². The molecule has 0 fully saturated rings. The molecule has 0 unspecified atom stereocenters. The van der Waals surface area contributed by atoms with Crippen LogP contribution in [-0.4, -0.2) is 29.2 Å². The van der Waals surface area contributed by atoms with Crippen molar-refractivity contribution in [1.82, 2.24) is 14.5 Å². The van der Waals surface area contributed by atoms with Crippen LogP contribution < -0.4 is 0 Å². The van der Waals surface area contributed by atoms with Crippen molar-refractivity contribution in [3.8, 4) is 11.5 Å². The highest BCUT2D eigenvalue weighted by Crippen LogP contribution is 2.15. The molecule has 2 aromatic heterocycles. The smallest absolute Gasteiger partial charge is 0.160 e. The fraction of sp³-hybridized carbons (Fsp3) is 0.429. The molecule has 6 heteroatoms. The second kappa shape index (κ2) is 6.28. The molecule has 2 rings (SSSR count). The lowest BCUT2D eigenvalue weighted by atomic mass is 10.3. The number of ether oxygens (including phenoxy) is 1. The number of hydrogen-bond acceptors (Lipinski definition) is 3. The maximum absolute atomic E-state index is 12.9. The van der Waals surface area contributed by atoms with Gasteiger partial charge in [0.1, 0.15) is 18.2 Å². The molecular formula is C14H20FN3OSi. The first-order valence-electron chi connectivity index (χ1n) is 6.66. The van der Waals surface area contributed by atoms with Gasteiger partial charge in [0.05, 0.1) is 6.20 Å². The van der Waals surface area contributed by atoms with Crippen LogP contribution in [0.4, 0.5) is 4.39 Å². The molecule has 0 saturated carbocycles. The van der Waals surface area contributed by atoms with E-state index in [1.54, 1.807) is 12.3 Å². The summed E-state index contributed by atoms with van der Waals surface area (Å²) in [6.07, 6.45) is 4.73. The first-order valence-corrected chi connectivity index (χ1v) is 10.4. The summed E-state index contributed by atoms with van der Waals surface area (Å²) in [5.74, 6) is 0.344. The van der Waals surface area contributed by atoms with E-state index in [0.717, 1.165) is 12.7 Å². The van der Waals surface area contributed by atoms with E-state index < -0.39 is 8.07 Å². The Morgan fingerprint density at radius 1 is 1.25 bits per heavy atom. The lowest BCUT2D eigenvalue weighted by Gasteiger charge is -2.16. The summed E-state index contributed by atoms with van der Waals surface area (Å²) in [6, 6.07) is 4.13. The second-order valence-electron chi connectivity index (χ2n) is 5.93. The molecule has 0 radical (unpaired) electrons. The first kappa shape index (κ1) is 14.9. The summed E-state index contributed by atoms with van der Waals surface area (Å²) in [4.78, 5) is 8.29. The summed E-state index contributed by atoms with van der Waals surface area (Å²) >= 11 is 0. The van der Waals surface area contributed by atoms with Crippen molar-refractivity contribution < 1.29 is 9.13 Å². The zero-order valence-electron chi connectivity index (χ0n) is 12.1. The van der Waals surface area contributed by atoms with Crippen molar-refractivity contribution in [2.75, 3.05) is 6.61 Å². The maximum atomic E-state index is 12.9. The Kier molecular flexibility index (Phi) is 4.67. The van der Waals surface area contributed by atoms with Crippen LogP contribution in [0.1, 0.15) is 0 Å². The van der Waals surface area contributed by atoms with Gasteiger partial charge >= 0.3 is 0 Å². The molecule has 2 aromatic rings. The molecular weight excluding hydrogens is 273 g/mol. The lowest BCUT2D eigenvalue weighted by Crippen LogP contribution is -2.22. The van der Waals surface area contributed by atoms with Gasteiger partial charge in [0, 0.05) is 27.1 Å². The van der Waals surface area contributed by atoms with Gasteiger partial charge in [-0.3, -0.25) is 0 Å². The molecule has 0 aliphatic carbocycles. The molecule has 20 heavy (non-hydrogen) atoms. The van der Waals surface area contributed by atoms with Crippen LogP contribution in [-0.2, 0) is 11.5 Å². The van der Waals surface area contributed by atoms with E-state index in [4.69, 9.17) is 4.74 Å². The minimum absolute atomic E-state index is 0.349. The highest BCUT2D eigenvalue weighted by atomic mass is 28.3. The molecule has 0 amide bonds. The van der Waals surface area contributed by atoms with Gasteiger partial charge < -0.3 is 9.30 Å². The summed E-state index contributed by atoms with van der Waals surface area (Å²) in [7, 11) is -1.07. The van der Waals surface area contributed by atoms with E-state index in [0.29, 0.717) is 18.2 Å². The van der Waals surface area contributed by atoms with Gasteiger partial charge in [-0.25, -0.2) is 14.4 Å². The fourth-order valence-electron chi connectivity index (χ4n) is 1.70. The zero-order valence-corrected chi connectivity index (χ0v) is 13.1. The first-order chi connectivity index (χ1) is 9.46. The van der Waals surface area contributed by atoms with Crippen molar-refractivity contribution in [3.05, 3.63) is 36.5 Å². The van der Waals surface area contributed by atoms with E-state index in [9.17, 15) is 4.39 Å². The minimum Gasteiger partial charge on any atom is -0.361 e. The summed E-state index contributed by atoms with van der Waals surface area (Å²) in [6.45, 7) is 8.16. The second-order valence-corrected chi connectivity index (χ2v) is 11.6. The normalized spacial score (nSPS) is 11.8. The topological polar surface area (TPSA) is 39.9 Å². The Hall–Kier alpha value is -1.53. The Bertz CT molecular complexity index is 548. The van der Waals surface area contributed by atoms with Crippen molar-refractivity contribution in [1.29, 1.82) is 0 Å². The number of pyridine rings is 1. The van der Waals surface area contributed by atoms with Crippen LogP contribution in [0.15, 0.2) is 30.7 Å². The third-order valence-electron chi connectivity index (χ3n) is 2.90. The standard InChI is InChI=1S/C14H20FN3OSi/c1-20(2,3)9-8-19-11-18-7-6-16-14(18)13-5-4-12(15)10-17-13/h4-7,10H,8-9,11H2,1-3H3. The number of hydrogen-bond donors (Lipinski definition) is 0. The van der Waals surface area contributed by atoms with Gasteiger partial charge in [-0.05, 0) is 18.2 Å². The maximum Gasteiger partial charge on any atom is 0.160 e. The van der Waals surface area contributed by atoms with Crippen LogP contribution >= 0.6 is 0 Å². The molecule has 0 aliphatic rings. The van der Waals surface area contributed by atoms with E-state index in [1.165, 1.54) is 12.3 Å². The van der Waals surface area contributed by atoms with Crippen molar-refractivity contribution in [3.63, 3.8) is 0 Å². The van der Waals surface area contributed by atoms with Gasteiger partial charge in [-0.15, -0.1) is 0 Å². The van der Waals surface area contributed by atoms with Gasteiger partial charge in [0.15, 0.2) is 5.82 Å². The zero-order chi connectivity index (χ0) is 14.6. The molecule has 4 nitrogen and oxygen atoms in total. The van der Waals surface area contributed by atoms with Crippen LogP contribution in [0.25, 0.3) is 11.5 Å². The predicted octanol–water partition coefficient (Wildman–Crippen LogP) is 3.40. The Morgan fingerprint density at radius 3 is 2.70 bits per heavy atom. The Balaban J connectivity index is 1.97. The Labute approximate surface area is 119 Å². The molecule has 0 N–H and O–H groups in total. The molecule has 0 bridgehead atoms. The third-order valence-corrected chi connectivity index (χ3v) is 4.60. The van der Waals surface area contributed by atoms with Crippen LogP contribution in [0.5, 0.6) is 0 Å². The summed E-state index contributed by atoms with van der Waals surface area (Å²) < 4.78 is 20.5. The number of aromatic nitrogens is 3. The summed E-state index contributed by atoms with van der Waals surface area (Å²) in [5, 5.41) is 0. The van der Waals surface area contributed by atoms with Gasteiger partial charge in [0.2, 0.25) is 0 Å². The van der Waals surface area contributed by atoms with Crippen molar-refractivity contribution in [2.24, 2.45) is 0 Å². The molecule has 0 spiro atoms. The van der Waals surface area contributed by atoms with E-state index in [-0.39, 0.29) is 5.82 Å². The number of imidazole rings is 1. The van der Waals surface area contributed by atoms with E-state index >= 15 is 0 Å². The van der Waals surface area contributed by atoms with Crippen LogP contribution in [0, 0.1) is 5.82 Å². The highest BCUT2D eigenvalue weighted by Gasteiger charge is 2.12. The third kappa shape index (κ3) is 4.24. The predicted molar refractivity (Wildman–Crippen MR) is 79.5 cm³/mol. The minimum atomic E-state index is -1.07. The van der Waals surface area contributed by atoms with Crippen LogP contribution in [0.2, 0.25) is 25.7 Å². The van der Waals surface area contributed by atoms with E-state index in [2.05, 4.69) is 29.6 Å². The van der Waals surface area contributed by atoms with Gasteiger partial charge in [-0.1, -0.05) is 19.6 Å². The van der Waals surface area contributed by atoms with Crippen LogP contribution in [0.3, 0.4) is 0 Å². The van der Waals surface area contributed by atoms with Crippen molar-refractivity contribution >= 4 is 8.07 Å². The van der Waals surface area contributed by atoms with Gasteiger partial charge in [-0.2, -0.15) is 0 Å². The Morgan fingerprint density at radius 2 is 2.05 bits per heavy atom. The number of nitrogens with zero attached hydrogens (tertiary/aromatic N) is 3.